The van der Waals surface area contributed by atoms with Crippen LogP contribution in [-0.2, 0) is 0 Å². The molecule has 0 radical (unpaired) electrons. The molecule has 2 atom stereocenters. The summed E-state index contributed by atoms with van der Waals surface area (Å²) in [7, 11) is 0.0201. The maximum absolute atomic E-state index is 2.31. The molecule has 86 valence electrons. The molecule has 0 N–H and O–H groups in total. The van der Waals surface area contributed by atoms with Crippen LogP contribution in [0.4, 0.5) is 0 Å². The summed E-state index contributed by atoms with van der Waals surface area (Å²) in [6, 6.07) is 22.2. The Bertz CT molecular complexity index is 418. The maximum Gasteiger partial charge on any atom is 0.00820 e. The van der Waals surface area contributed by atoms with E-state index in [1.165, 1.54) is 19.0 Å². The van der Waals surface area contributed by atoms with E-state index < -0.39 is 0 Å². The molecule has 0 saturated carbocycles. The van der Waals surface area contributed by atoms with E-state index in [1.54, 1.807) is 10.9 Å². The second kappa shape index (κ2) is 5.02. The van der Waals surface area contributed by atoms with Crippen LogP contribution in [0.5, 0.6) is 0 Å². The second-order valence-corrected chi connectivity index (χ2v) is 7.12. The summed E-state index contributed by atoms with van der Waals surface area (Å²) in [6.07, 6.45) is 4.16. The molecule has 1 fully saturated rings. The molecule has 3 rings (SSSR count). The van der Waals surface area contributed by atoms with Crippen LogP contribution in [0, 0.1) is 0 Å². The van der Waals surface area contributed by atoms with E-state index in [1.807, 2.05) is 0 Å². The van der Waals surface area contributed by atoms with Gasteiger partial charge in [-0.2, -0.15) is 0 Å². The van der Waals surface area contributed by atoms with Crippen molar-refractivity contribution < 1.29 is 0 Å². The topological polar surface area (TPSA) is 0 Å². The first kappa shape index (κ1) is 11.0. The van der Waals surface area contributed by atoms with Gasteiger partial charge in [-0.3, -0.25) is 0 Å². The summed E-state index contributed by atoms with van der Waals surface area (Å²) in [6.45, 7) is 0. The van der Waals surface area contributed by atoms with Gasteiger partial charge < -0.3 is 0 Å². The average molecular weight is 240 g/mol. The number of hydrogen-bond acceptors (Lipinski definition) is 0. The van der Waals surface area contributed by atoms with Crippen molar-refractivity contribution in [1.82, 2.24) is 0 Å². The fourth-order valence-electron chi connectivity index (χ4n) is 2.72. The summed E-state index contributed by atoms with van der Waals surface area (Å²) >= 11 is 0. The monoisotopic (exact) mass is 240 g/mol. The number of hydrogen-bond donors (Lipinski definition) is 0. The Balaban J connectivity index is 1.91. The van der Waals surface area contributed by atoms with Crippen LogP contribution in [0.25, 0.3) is 0 Å². The lowest BCUT2D eigenvalue weighted by atomic mass is 10.1. The van der Waals surface area contributed by atoms with E-state index in [-0.39, 0.29) is 7.92 Å². The highest BCUT2D eigenvalue weighted by atomic mass is 31.1. The van der Waals surface area contributed by atoms with Crippen molar-refractivity contribution in [3.05, 3.63) is 66.2 Å². The molecule has 0 aromatic heterocycles. The highest BCUT2D eigenvalue weighted by Crippen LogP contribution is 2.58. The summed E-state index contributed by atoms with van der Waals surface area (Å²) in [5.41, 5.74) is 2.33. The van der Waals surface area contributed by atoms with Gasteiger partial charge in [0.05, 0.1) is 0 Å². The fourth-order valence-corrected chi connectivity index (χ4v) is 5.75. The first-order valence-corrected chi connectivity index (χ1v) is 7.91. The first-order valence-electron chi connectivity index (χ1n) is 6.32. The van der Waals surface area contributed by atoms with Crippen molar-refractivity contribution in [3.8, 4) is 0 Å². The van der Waals surface area contributed by atoms with E-state index >= 15 is 0 Å². The molecule has 1 aliphatic rings. The fraction of sp³-hybridized carbons (Fsp3) is 0.250. The quantitative estimate of drug-likeness (QED) is 0.685. The van der Waals surface area contributed by atoms with Crippen LogP contribution < -0.4 is 5.30 Å². The molecule has 0 unspecified atom stereocenters. The van der Waals surface area contributed by atoms with Gasteiger partial charge in [0.1, 0.15) is 0 Å². The number of rotatable bonds is 2. The molecular weight excluding hydrogens is 223 g/mol. The van der Waals surface area contributed by atoms with Crippen LogP contribution in [-0.4, -0.2) is 6.16 Å². The molecule has 2 aromatic rings. The predicted molar refractivity (Wildman–Crippen MR) is 76.3 cm³/mol. The van der Waals surface area contributed by atoms with E-state index in [2.05, 4.69) is 60.7 Å². The minimum atomic E-state index is 0.0201. The van der Waals surface area contributed by atoms with Crippen molar-refractivity contribution in [2.75, 3.05) is 6.16 Å². The molecule has 0 spiro atoms. The van der Waals surface area contributed by atoms with E-state index in [4.69, 9.17) is 0 Å². The van der Waals surface area contributed by atoms with Crippen molar-refractivity contribution in [1.29, 1.82) is 0 Å². The summed E-state index contributed by atoms with van der Waals surface area (Å²) < 4.78 is 0. The predicted octanol–water partition coefficient (Wildman–Crippen LogP) is 4.33. The summed E-state index contributed by atoms with van der Waals surface area (Å²) in [5, 5.41) is 1.58. The van der Waals surface area contributed by atoms with Crippen LogP contribution >= 0.6 is 7.92 Å². The Hall–Kier alpha value is -1.13. The van der Waals surface area contributed by atoms with Crippen molar-refractivity contribution in [2.24, 2.45) is 0 Å². The minimum Gasteiger partial charge on any atom is -0.0677 e. The van der Waals surface area contributed by atoms with Crippen LogP contribution in [0.15, 0.2) is 60.7 Å². The van der Waals surface area contributed by atoms with Crippen LogP contribution in [0.1, 0.15) is 24.1 Å². The van der Waals surface area contributed by atoms with Gasteiger partial charge in [0, 0.05) is 5.66 Å². The zero-order valence-electron chi connectivity index (χ0n) is 9.92. The molecule has 1 heteroatoms. The largest absolute Gasteiger partial charge is 0.0677 e. The van der Waals surface area contributed by atoms with Gasteiger partial charge in [0.25, 0.3) is 0 Å². The van der Waals surface area contributed by atoms with E-state index in [0.29, 0.717) is 0 Å². The second-order valence-electron chi connectivity index (χ2n) is 4.60. The maximum atomic E-state index is 2.31. The van der Waals surface area contributed by atoms with Gasteiger partial charge in [-0.25, -0.2) is 0 Å². The zero-order chi connectivity index (χ0) is 11.5. The standard InChI is InChI=1S/C16H17P/c1-3-8-14(9-4-1)16-12-7-13-17(16)15-10-5-2-6-11-15/h1-6,8-11,16H,7,12-13H2/t16-,17-/m1/s1. The Morgan fingerprint density at radius 3 is 2.18 bits per heavy atom. The smallest absolute Gasteiger partial charge is 0.00820 e. The Kier molecular flexibility index (Phi) is 3.25. The van der Waals surface area contributed by atoms with Crippen LogP contribution in [0.2, 0.25) is 0 Å². The van der Waals surface area contributed by atoms with Crippen molar-refractivity contribution in [3.63, 3.8) is 0 Å². The average Bonchev–Trinajstić information content (AvgIpc) is 2.90. The Labute approximate surface area is 104 Å². The molecule has 0 bridgehead atoms. The first-order chi connectivity index (χ1) is 8.45. The molecule has 0 amide bonds. The molecule has 1 heterocycles. The van der Waals surface area contributed by atoms with Crippen molar-refractivity contribution in [2.45, 2.75) is 18.5 Å². The summed E-state index contributed by atoms with van der Waals surface area (Å²) in [5.74, 6) is 0. The molecule has 1 aliphatic heterocycles. The zero-order valence-corrected chi connectivity index (χ0v) is 10.8. The van der Waals surface area contributed by atoms with Gasteiger partial charge in [-0.1, -0.05) is 68.6 Å². The van der Waals surface area contributed by atoms with Crippen molar-refractivity contribution >= 4 is 13.2 Å². The lowest BCUT2D eigenvalue weighted by Gasteiger charge is -2.21. The summed E-state index contributed by atoms with van der Waals surface area (Å²) in [4.78, 5) is 0. The lowest BCUT2D eigenvalue weighted by molar-refractivity contribution is 0.827. The normalized spacial score (nSPS) is 23.8. The van der Waals surface area contributed by atoms with Gasteiger partial charge in [0.2, 0.25) is 0 Å². The van der Waals surface area contributed by atoms with Gasteiger partial charge >= 0.3 is 0 Å². The van der Waals surface area contributed by atoms with E-state index in [0.717, 1.165) is 5.66 Å². The highest BCUT2D eigenvalue weighted by Gasteiger charge is 2.28. The lowest BCUT2D eigenvalue weighted by Crippen LogP contribution is -2.04. The Morgan fingerprint density at radius 1 is 0.824 bits per heavy atom. The third kappa shape index (κ3) is 2.28. The molecule has 2 aromatic carbocycles. The third-order valence-corrected chi connectivity index (χ3v) is 6.59. The minimum absolute atomic E-state index is 0.0201. The highest BCUT2D eigenvalue weighted by molar-refractivity contribution is 7.66. The van der Waals surface area contributed by atoms with Crippen LogP contribution in [0.3, 0.4) is 0 Å². The van der Waals surface area contributed by atoms with E-state index in [9.17, 15) is 0 Å². The molecule has 0 nitrogen and oxygen atoms in total. The molecule has 17 heavy (non-hydrogen) atoms. The Morgan fingerprint density at radius 2 is 1.47 bits per heavy atom. The SMILES string of the molecule is c1ccc([C@H]2CCC[P@]2c2ccccc2)cc1. The third-order valence-electron chi connectivity index (χ3n) is 3.52. The van der Waals surface area contributed by atoms with Gasteiger partial charge in [0.15, 0.2) is 0 Å². The molecule has 0 aliphatic carbocycles. The van der Waals surface area contributed by atoms with Gasteiger partial charge in [-0.15, -0.1) is 0 Å². The molecule has 1 saturated heterocycles. The number of benzene rings is 2. The molecular formula is C16H17P. The van der Waals surface area contributed by atoms with Gasteiger partial charge in [-0.05, 0) is 29.9 Å².